The Morgan fingerprint density at radius 2 is 1.57 bits per heavy atom. The van der Waals surface area contributed by atoms with Gasteiger partial charge < -0.3 is 15.2 Å². The van der Waals surface area contributed by atoms with Gasteiger partial charge >= 0.3 is 0 Å². The van der Waals surface area contributed by atoms with Gasteiger partial charge in [-0.15, -0.1) is 0 Å². The van der Waals surface area contributed by atoms with E-state index in [0.29, 0.717) is 22.6 Å². The second-order valence-electron chi connectivity index (χ2n) is 4.68. The van der Waals surface area contributed by atoms with Crippen molar-refractivity contribution >= 4 is 0 Å². The Kier molecular flexibility index (Phi) is 4.43. The molecule has 0 aliphatic rings. The molecule has 2 aromatic rings. The van der Waals surface area contributed by atoms with Gasteiger partial charge in [0.05, 0.1) is 25.8 Å². The lowest BCUT2D eigenvalue weighted by molar-refractivity contribution is 0.381. The lowest BCUT2D eigenvalue weighted by Crippen LogP contribution is -2.16. The van der Waals surface area contributed by atoms with Crippen molar-refractivity contribution in [3.05, 3.63) is 58.7 Å². The summed E-state index contributed by atoms with van der Waals surface area (Å²) in [7, 11) is 2.99. The SMILES string of the molecule is COc1cccc(OC)c1C(N)c1cc(C)c(F)cc1F. The molecule has 0 spiro atoms. The van der Waals surface area contributed by atoms with Gasteiger partial charge in [0.1, 0.15) is 23.1 Å². The highest BCUT2D eigenvalue weighted by Crippen LogP contribution is 2.37. The van der Waals surface area contributed by atoms with Crippen molar-refractivity contribution < 1.29 is 18.3 Å². The average Bonchev–Trinajstić information content (AvgIpc) is 2.49. The van der Waals surface area contributed by atoms with Gasteiger partial charge in [0.25, 0.3) is 0 Å². The molecule has 0 saturated heterocycles. The van der Waals surface area contributed by atoms with Crippen LogP contribution in [0.25, 0.3) is 0 Å². The number of methoxy groups -OCH3 is 2. The maximum atomic E-state index is 14.0. The molecule has 21 heavy (non-hydrogen) atoms. The maximum absolute atomic E-state index is 14.0. The van der Waals surface area contributed by atoms with Crippen LogP contribution in [0.4, 0.5) is 8.78 Å². The minimum absolute atomic E-state index is 0.191. The fourth-order valence-corrected chi connectivity index (χ4v) is 2.26. The summed E-state index contributed by atoms with van der Waals surface area (Å²) in [6, 6.07) is 6.60. The van der Waals surface area contributed by atoms with Gasteiger partial charge in [-0.3, -0.25) is 0 Å². The van der Waals surface area contributed by atoms with Crippen LogP contribution in [0.2, 0.25) is 0 Å². The third kappa shape index (κ3) is 2.83. The summed E-state index contributed by atoms with van der Waals surface area (Å²) in [6.07, 6.45) is 0. The lowest BCUT2D eigenvalue weighted by atomic mass is 9.95. The Balaban J connectivity index is 2.59. The number of nitrogens with two attached hydrogens (primary N) is 1. The third-order valence-electron chi connectivity index (χ3n) is 3.39. The van der Waals surface area contributed by atoms with Crippen molar-refractivity contribution in [2.24, 2.45) is 5.73 Å². The number of ether oxygens (including phenoxy) is 2. The number of aryl methyl sites for hydroxylation is 1. The molecule has 1 atom stereocenters. The molecular formula is C16H17F2NO2. The van der Waals surface area contributed by atoms with E-state index in [4.69, 9.17) is 15.2 Å². The first-order valence-electron chi connectivity index (χ1n) is 6.41. The molecule has 3 nitrogen and oxygen atoms in total. The normalized spacial score (nSPS) is 12.1. The molecule has 0 aromatic heterocycles. The summed E-state index contributed by atoms with van der Waals surface area (Å²) in [5.74, 6) is -0.319. The standard InChI is InChI=1S/C16H17F2NO2/c1-9-7-10(12(18)8-11(9)17)16(19)15-13(20-2)5-4-6-14(15)21-3/h4-8,16H,19H2,1-3H3. The van der Waals surface area contributed by atoms with Crippen LogP contribution in [0.1, 0.15) is 22.7 Å². The van der Waals surface area contributed by atoms with E-state index in [9.17, 15) is 8.78 Å². The van der Waals surface area contributed by atoms with E-state index in [1.165, 1.54) is 20.3 Å². The van der Waals surface area contributed by atoms with E-state index in [-0.39, 0.29) is 5.56 Å². The summed E-state index contributed by atoms with van der Waals surface area (Å²) in [5.41, 5.74) is 7.21. The summed E-state index contributed by atoms with van der Waals surface area (Å²) in [5, 5.41) is 0. The average molecular weight is 293 g/mol. The molecule has 2 aromatic carbocycles. The van der Waals surface area contributed by atoms with E-state index in [1.807, 2.05) is 0 Å². The molecule has 0 saturated carbocycles. The van der Waals surface area contributed by atoms with Crippen LogP contribution < -0.4 is 15.2 Å². The molecule has 112 valence electrons. The van der Waals surface area contributed by atoms with Crippen molar-refractivity contribution in [1.29, 1.82) is 0 Å². The van der Waals surface area contributed by atoms with Gasteiger partial charge in [-0.25, -0.2) is 8.78 Å². The molecule has 2 N–H and O–H groups in total. The highest BCUT2D eigenvalue weighted by Gasteiger charge is 2.22. The number of hydrogen-bond acceptors (Lipinski definition) is 3. The Bertz CT molecular complexity index is 637. The molecule has 0 aliphatic carbocycles. The highest BCUT2D eigenvalue weighted by molar-refractivity contribution is 5.51. The topological polar surface area (TPSA) is 44.5 Å². The Morgan fingerprint density at radius 3 is 2.10 bits per heavy atom. The van der Waals surface area contributed by atoms with Crippen LogP contribution in [0.15, 0.2) is 30.3 Å². The zero-order chi connectivity index (χ0) is 15.6. The smallest absolute Gasteiger partial charge is 0.131 e. The van der Waals surface area contributed by atoms with Crippen LogP contribution in [-0.2, 0) is 0 Å². The molecule has 0 amide bonds. The number of benzene rings is 2. The van der Waals surface area contributed by atoms with Crippen molar-refractivity contribution in [3.63, 3.8) is 0 Å². The number of halogens is 2. The summed E-state index contributed by atoms with van der Waals surface area (Å²) in [6.45, 7) is 1.56. The monoisotopic (exact) mass is 293 g/mol. The summed E-state index contributed by atoms with van der Waals surface area (Å²) < 4.78 is 38.0. The minimum Gasteiger partial charge on any atom is -0.496 e. The lowest BCUT2D eigenvalue weighted by Gasteiger charge is -2.20. The van der Waals surface area contributed by atoms with E-state index < -0.39 is 17.7 Å². The second kappa shape index (κ2) is 6.10. The number of hydrogen-bond donors (Lipinski definition) is 1. The van der Waals surface area contributed by atoms with Crippen molar-refractivity contribution in [3.8, 4) is 11.5 Å². The predicted molar refractivity (Wildman–Crippen MR) is 76.7 cm³/mol. The summed E-state index contributed by atoms with van der Waals surface area (Å²) >= 11 is 0. The molecule has 0 radical (unpaired) electrons. The van der Waals surface area contributed by atoms with Gasteiger partial charge in [-0.05, 0) is 30.7 Å². The molecule has 5 heteroatoms. The fourth-order valence-electron chi connectivity index (χ4n) is 2.26. The van der Waals surface area contributed by atoms with Crippen LogP contribution in [-0.4, -0.2) is 14.2 Å². The van der Waals surface area contributed by atoms with Crippen LogP contribution in [0, 0.1) is 18.6 Å². The first kappa shape index (κ1) is 15.3. The zero-order valence-electron chi connectivity index (χ0n) is 12.1. The Labute approximate surface area is 122 Å². The predicted octanol–water partition coefficient (Wildman–Crippen LogP) is 3.34. The second-order valence-corrected chi connectivity index (χ2v) is 4.68. The van der Waals surface area contributed by atoms with Gasteiger partial charge in [-0.1, -0.05) is 6.07 Å². The van der Waals surface area contributed by atoms with E-state index in [2.05, 4.69) is 0 Å². The molecule has 1 unspecified atom stereocenters. The zero-order valence-corrected chi connectivity index (χ0v) is 12.1. The molecule has 0 bridgehead atoms. The maximum Gasteiger partial charge on any atom is 0.131 e. The first-order valence-corrected chi connectivity index (χ1v) is 6.41. The Morgan fingerprint density at radius 1 is 1.00 bits per heavy atom. The van der Waals surface area contributed by atoms with E-state index in [1.54, 1.807) is 25.1 Å². The quantitative estimate of drug-likeness (QED) is 0.940. The van der Waals surface area contributed by atoms with Gasteiger partial charge in [0.15, 0.2) is 0 Å². The van der Waals surface area contributed by atoms with Gasteiger partial charge in [-0.2, -0.15) is 0 Å². The molecule has 0 fully saturated rings. The van der Waals surface area contributed by atoms with Gasteiger partial charge in [0.2, 0.25) is 0 Å². The fraction of sp³-hybridized carbons (Fsp3) is 0.250. The first-order chi connectivity index (χ1) is 9.99. The van der Waals surface area contributed by atoms with E-state index in [0.717, 1.165) is 6.07 Å². The molecule has 0 aliphatic heterocycles. The Hall–Kier alpha value is -2.14. The van der Waals surface area contributed by atoms with Crippen LogP contribution in [0.5, 0.6) is 11.5 Å². The van der Waals surface area contributed by atoms with Gasteiger partial charge in [0, 0.05) is 11.6 Å². The summed E-state index contributed by atoms with van der Waals surface area (Å²) in [4.78, 5) is 0. The molecular weight excluding hydrogens is 276 g/mol. The van der Waals surface area contributed by atoms with Crippen molar-refractivity contribution in [2.45, 2.75) is 13.0 Å². The van der Waals surface area contributed by atoms with Crippen molar-refractivity contribution in [1.82, 2.24) is 0 Å². The van der Waals surface area contributed by atoms with Crippen LogP contribution >= 0.6 is 0 Å². The van der Waals surface area contributed by atoms with Crippen molar-refractivity contribution in [2.75, 3.05) is 14.2 Å². The van der Waals surface area contributed by atoms with Crippen LogP contribution in [0.3, 0.4) is 0 Å². The third-order valence-corrected chi connectivity index (χ3v) is 3.39. The minimum atomic E-state index is -0.824. The van der Waals surface area contributed by atoms with E-state index >= 15 is 0 Å². The highest BCUT2D eigenvalue weighted by atomic mass is 19.1. The largest absolute Gasteiger partial charge is 0.496 e. The molecule has 0 heterocycles. The molecule has 2 rings (SSSR count). The number of rotatable bonds is 4.